The van der Waals surface area contributed by atoms with E-state index in [4.69, 9.17) is 0 Å². The molecule has 1 aliphatic carbocycles. The zero-order valence-electron chi connectivity index (χ0n) is 9.48. The molecule has 0 nitrogen and oxygen atoms in total. The Morgan fingerprint density at radius 3 is 2.62 bits per heavy atom. The minimum Gasteiger partial charge on any atom is -0.0913 e. The summed E-state index contributed by atoms with van der Waals surface area (Å²) >= 11 is 0. The minimum atomic E-state index is 0.446. The molecule has 0 unspecified atom stereocenters. The van der Waals surface area contributed by atoms with Gasteiger partial charge in [0, 0.05) is 0 Å². The summed E-state index contributed by atoms with van der Waals surface area (Å²) in [6.45, 7) is 9.18. The SMILES string of the molecule is C/C=C/CC1=C(C)CCCC1(C)C. The van der Waals surface area contributed by atoms with Gasteiger partial charge in [-0.1, -0.05) is 37.1 Å². The van der Waals surface area contributed by atoms with Crippen molar-refractivity contribution in [1.82, 2.24) is 0 Å². The topological polar surface area (TPSA) is 0 Å². The van der Waals surface area contributed by atoms with Crippen LogP contribution in [0.1, 0.15) is 53.4 Å². The van der Waals surface area contributed by atoms with Gasteiger partial charge in [0.05, 0.1) is 0 Å². The molecule has 0 atom stereocenters. The Hall–Kier alpha value is -0.520. The summed E-state index contributed by atoms with van der Waals surface area (Å²) < 4.78 is 0. The molecule has 0 aromatic heterocycles. The lowest BCUT2D eigenvalue weighted by Gasteiger charge is -2.34. The average molecular weight is 178 g/mol. The van der Waals surface area contributed by atoms with Crippen LogP contribution in [0.25, 0.3) is 0 Å². The highest BCUT2D eigenvalue weighted by molar-refractivity contribution is 5.24. The maximum Gasteiger partial charge on any atom is -0.0131 e. The monoisotopic (exact) mass is 178 g/mol. The second-order valence-corrected chi connectivity index (χ2v) is 4.77. The highest BCUT2D eigenvalue weighted by Gasteiger charge is 2.26. The lowest BCUT2D eigenvalue weighted by Crippen LogP contribution is -2.19. The molecule has 0 heterocycles. The van der Waals surface area contributed by atoms with Crippen LogP contribution in [0, 0.1) is 5.41 Å². The molecular weight excluding hydrogens is 156 g/mol. The second-order valence-electron chi connectivity index (χ2n) is 4.77. The third-order valence-electron chi connectivity index (χ3n) is 3.24. The summed E-state index contributed by atoms with van der Waals surface area (Å²) in [5, 5.41) is 0. The maximum absolute atomic E-state index is 2.38. The molecule has 0 saturated carbocycles. The van der Waals surface area contributed by atoms with Crippen molar-refractivity contribution < 1.29 is 0 Å². The second kappa shape index (κ2) is 4.13. The molecule has 0 aliphatic heterocycles. The standard InChI is InChI=1S/C13H22/c1-5-6-9-12-11(2)8-7-10-13(12,3)4/h5-6H,7-10H2,1-4H3/b6-5+. The Bertz CT molecular complexity index is 228. The van der Waals surface area contributed by atoms with Crippen LogP contribution < -0.4 is 0 Å². The van der Waals surface area contributed by atoms with Gasteiger partial charge in [-0.2, -0.15) is 0 Å². The Morgan fingerprint density at radius 1 is 1.38 bits per heavy atom. The van der Waals surface area contributed by atoms with Crippen molar-refractivity contribution in [3.63, 3.8) is 0 Å². The molecule has 0 aromatic carbocycles. The van der Waals surface area contributed by atoms with E-state index < -0.39 is 0 Å². The fourth-order valence-corrected chi connectivity index (χ4v) is 2.36. The van der Waals surface area contributed by atoms with E-state index in [-0.39, 0.29) is 0 Å². The summed E-state index contributed by atoms with van der Waals surface area (Å²) in [5.74, 6) is 0. The van der Waals surface area contributed by atoms with Crippen LogP contribution in [0.2, 0.25) is 0 Å². The van der Waals surface area contributed by atoms with E-state index in [0.29, 0.717) is 5.41 Å². The van der Waals surface area contributed by atoms with Gasteiger partial charge in [-0.15, -0.1) is 0 Å². The fraction of sp³-hybridized carbons (Fsp3) is 0.692. The molecule has 0 spiro atoms. The molecule has 0 bridgehead atoms. The molecule has 74 valence electrons. The third kappa shape index (κ3) is 2.46. The van der Waals surface area contributed by atoms with E-state index in [0.717, 1.165) is 6.42 Å². The molecule has 0 N–H and O–H groups in total. The van der Waals surface area contributed by atoms with Gasteiger partial charge >= 0.3 is 0 Å². The highest BCUT2D eigenvalue weighted by Crippen LogP contribution is 2.41. The number of rotatable bonds is 2. The summed E-state index contributed by atoms with van der Waals surface area (Å²) in [5.41, 5.74) is 3.76. The fourth-order valence-electron chi connectivity index (χ4n) is 2.36. The van der Waals surface area contributed by atoms with E-state index in [1.165, 1.54) is 19.3 Å². The number of hydrogen-bond donors (Lipinski definition) is 0. The van der Waals surface area contributed by atoms with Gasteiger partial charge < -0.3 is 0 Å². The van der Waals surface area contributed by atoms with Crippen LogP contribution in [-0.2, 0) is 0 Å². The zero-order chi connectivity index (χ0) is 9.90. The Kier molecular flexibility index (Phi) is 3.35. The van der Waals surface area contributed by atoms with Gasteiger partial charge in [0.25, 0.3) is 0 Å². The van der Waals surface area contributed by atoms with Crippen LogP contribution >= 0.6 is 0 Å². The number of hydrogen-bond acceptors (Lipinski definition) is 0. The van der Waals surface area contributed by atoms with Crippen LogP contribution in [0.5, 0.6) is 0 Å². The molecule has 0 fully saturated rings. The lowest BCUT2D eigenvalue weighted by atomic mass is 9.71. The van der Waals surface area contributed by atoms with E-state index in [1.807, 2.05) is 0 Å². The quantitative estimate of drug-likeness (QED) is 0.547. The lowest BCUT2D eigenvalue weighted by molar-refractivity contribution is 0.361. The van der Waals surface area contributed by atoms with Crippen molar-refractivity contribution in [2.75, 3.05) is 0 Å². The molecule has 1 rings (SSSR count). The van der Waals surface area contributed by atoms with Crippen molar-refractivity contribution in [2.24, 2.45) is 5.41 Å². The summed E-state index contributed by atoms with van der Waals surface area (Å²) in [6, 6.07) is 0. The van der Waals surface area contributed by atoms with Crippen molar-refractivity contribution in [3.05, 3.63) is 23.3 Å². The molecule has 13 heavy (non-hydrogen) atoms. The maximum atomic E-state index is 2.38. The van der Waals surface area contributed by atoms with Crippen molar-refractivity contribution in [2.45, 2.75) is 53.4 Å². The average Bonchev–Trinajstić information content (AvgIpc) is 2.02. The zero-order valence-corrected chi connectivity index (χ0v) is 9.48. The molecule has 0 radical (unpaired) electrons. The first-order valence-corrected chi connectivity index (χ1v) is 5.38. The van der Waals surface area contributed by atoms with Crippen LogP contribution in [0.15, 0.2) is 23.3 Å². The van der Waals surface area contributed by atoms with Crippen molar-refractivity contribution in [1.29, 1.82) is 0 Å². The first kappa shape index (κ1) is 10.6. The molecule has 0 saturated heterocycles. The van der Waals surface area contributed by atoms with Gasteiger partial charge in [0.15, 0.2) is 0 Å². The van der Waals surface area contributed by atoms with Gasteiger partial charge in [-0.3, -0.25) is 0 Å². The first-order valence-electron chi connectivity index (χ1n) is 5.38. The molecular formula is C13H22. The van der Waals surface area contributed by atoms with Gasteiger partial charge in [-0.25, -0.2) is 0 Å². The summed E-state index contributed by atoms with van der Waals surface area (Å²) in [4.78, 5) is 0. The van der Waals surface area contributed by atoms with E-state index in [2.05, 4.69) is 39.8 Å². The Balaban J connectivity index is 2.84. The Morgan fingerprint density at radius 2 is 2.08 bits per heavy atom. The third-order valence-corrected chi connectivity index (χ3v) is 3.24. The van der Waals surface area contributed by atoms with E-state index >= 15 is 0 Å². The van der Waals surface area contributed by atoms with E-state index in [1.54, 1.807) is 11.1 Å². The molecule has 0 aromatic rings. The Labute approximate surface area is 82.7 Å². The van der Waals surface area contributed by atoms with E-state index in [9.17, 15) is 0 Å². The number of allylic oxidation sites excluding steroid dienone is 4. The van der Waals surface area contributed by atoms with Crippen molar-refractivity contribution >= 4 is 0 Å². The van der Waals surface area contributed by atoms with Crippen LogP contribution in [0.3, 0.4) is 0 Å². The summed E-state index contributed by atoms with van der Waals surface area (Å²) in [6.07, 6.45) is 9.65. The first-order chi connectivity index (χ1) is 6.08. The molecule has 0 heteroatoms. The molecule has 1 aliphatic rings. The smallest absolute Gasteiger partial charge is 0.0131 e. The molecule has 0 amide bonds. The van der Waals surface area contributed by atoms with Crippen molar-refractivity contribution in [3.8, 4) is 0 Å². The van der Waals surface area contributed by atoms with Gasteiger partial charge in [0.1, 0.15) is 0 Å². The largest absolute Gasteiger partial charge is 0.0913 e. The highest BCUT2D eigenvalue weighted by atomic mass is 14.3. The predicted molar refractivity (Wildman–Crippen MR) is 59.8 cm³/mol. The van der Waals surface area contributed by atoms with Crippen LogP contribution in [0.4, 0.5) is 0 Å². The predicted octanol–water partition coefficient (Wildman–Crippen LogP) is 4.48. The normalized spacial score (nSPS) is 22.8. The van der Waals surface area contributed by atoms with Gasteiger partial charge in [-0.05, 0) is 44.9 Å². The summed E-state index contributed by atoms with van der Waals surface area (Å²) in [7, 11) is 0. The minimum absolute atomic E-state index is 0.446. The van der Waals surface area contributed by atoms with Gasteiger partial charge in [0.2, 0.25) is 0 Å². The van der Waals surface area contributed by atoms with Crippen LogP contribution in [-0.4, -0.2) is 0 Å².